The van der Waals surface area contributed by atoms with Crippen molar-refractivity contribution in [3.8, 4) is 5.75 Å². The second-order valence-corrected chi connectivity index (χ2v) is 16.1. The van der Waals surface area contributed by atoms with E-state index in [1.807, 2.05) is 36.4 Å². The number of amides is 4. The molecule has 278 valence electrons. The van der Waals surface area contributed by atoms with Gasteiger partial charge in [-0.3, -0.25) is 29.0 Å². The monoisotopic (exact) mass is 778 g/mol. The van der Waals surface area contributed by atoms with Crippen molar-refractivity contribution in [3.63, 3.8) is 0 Å². The van der Waals surface area contributed by atoms with Gasteiger partial charge in [-0.25, -0.2) is 0 Å². The van der Waals surface area contributed by atoms with E-state index in [1.54, 1.807) is 0 Å². The molecule has 53 heavy (non-hydrogen) atoms. The first-order valence-corrected chi connectivity index (χ1v) is 20.8. The smallest absolute Gasteiger partial charge is 0.261 e. The Balaban J connectivity index is 1.47. The molecule has 0 bridgehead atoms. The summed E-state index contributed by atoms with van der Waals surface area (Å²) in [4.78, 5) is 60.2. The van der Waals surface area contributed by atoms with Crippen LogP contribution in [0.1, 0.15) is 147 Å². The standard InChI is InChI=1S/C45H51BrN2O5/c1-6-11-14-21-53-35-23-33-37-31(43(50)48(45(33)52)25-27(10-5)16-13-8-3)19-17-28-38-34(46)22-32-36-30(20-18-29(40(36)38)39(35)41(28)37)42(49)47(44(32)51)24-26(9-4)15-12-7-2/h17-20,22-23,26-27H,6-16,21,24-25H2,1-5H3. The number of rotatable bonds is 17. The highest BCUT2D eigenvalue weighted by atomic mass is 79.9. The van der Waals surface area contributed by atoms with Gasteiger partial charge >= 0.3 is 0 Å². The van der Waals surface area contributed by atoms with Gasteiger partial charge in [0.25, 0.3) is 23.6 Å². The molecule has 2 aliphatic rings. The number of ether oxygens (including phenoxy) is 1. The lowest BCUT2D eigenvalue weighted by Gasteiger charge is -2.33. The minimum Gasteiger partial charge on any atom is -0.493 e. The van der Waals surface area contributed by atoms with Crippen LogP contribution in [0.5, 0.6) is 5.75 Å². The molecule has 0 aliphatic carbocycles. The fraction of sp³-hybridized carbons (Fsp3) is 0.467. The quantitative estimate of drug-likeness (QED) is 0.0406. The van der Waals surface area contributed by atoms with Crippen molar-refractivity contribution in [1.29, 1.82) is 0 Å². The minimum atomic E-state index is -0.282. The zero-order valence-corrected chi connectivity index (χ0v) is 33.4. The Labute approximate surface area is 320 Å². The molecule has 0 saturated heterocycles. The molecule has 4 amide bonds. The lowest BCUT2D eigenvalue weighted by Crippen LogP contribution is -2.43. The van der Waals surface area contributed by atoms with Gasteiger partial charge in [0.1, 0.15) is 5.75 Å². The van der Waals surface area contributed by atoms with Crippen LogP contribution in [0.2, 0.25) is 0 Å². The summed E-state index contributed by atoms with van der Waals surface area (Å²) in [5.74, 6) is -0.0147. The van der Waals surface area contributed by atoms with Crippen molar-refractivity contribution in [3.05, 3.63) is 63.1 Å². The Kier molecular flexibility index (Phi) is 10.8. The Bertz CT molecular complexity index is 2260. The van der Waals surface area contributed by atoms with Crippen molar-refractivity contribution in [2.24, 2.45) is 11.8 Å². The first-order valence-electron chi connectivity index (χ1n) is 20.0. The number of carbonyl (C=O) groups excluding carboxylic acids is 4. The summed E-state index contributed by atoms with van der Waals surface area (Å²) >= 11 is 3.87. The highest BCUT2D eigenvalue weighted by molar-refractivity contribution is 9.10. The SMILES string of the molecule is CCCCCOc1cc2c3c(ccc4c5c(Br)cc6c7c(ccc(c1c34)c75)C(=O)N(CC(CC)CCCC)C6=O)C(=O)N(CC(CC)CCCC)C2=O. The van der Waals surface area contributed by atoms with Gasteiger partial charge in [0.05, 0.1) is 12.2 Å². The van der Waals surface area contributed by atoms with Gasteiger partial charge in [-0.05, 0) is 66.1 Å². The molecule has 5 aromatic carbocycles. The van der Waals surface area contributed by atoms with Crippen molar-refractivity contribution in [1.82, 2.24) is 9.80 Å². The maximum Gasteiger partial charge on any atom is 0.261 e. The summed E-state index contributed by atoms with van der Waals surface area (Å²) < 4.78 is 7.34. The summed E-state index contributed by atoms with van der Waals surface area (Å²) in [5, 5.41) is 6.25. The zero-order chi connectivity index (χ0) is 37.6. The van der Waals surface area contributed by atoms with E-state index in [0.29, 0.717) is 58.5 Å². The first-order chi connectivity index (χ1) is 25.7. The maximum atomic E-state index is 14.5. The molecule has 2 heterocycles. The van der Waals surface area contributed by atoms with E-state index in [9.17, 15) is 19.2 Å². The van der Waals surface area contributed by atoms with Gasteiger partial charge in [0, 0.05) is 66.6 Å². The highest BCUT2D eigenvalue weighted by Gasteiger charge is 2.39. The van der Waals surface area contributed by atoms with Crippen molar-refractivity contribution >= 4 is 82.6 Å². The van der Waals surface area contributed by atoms with Crippen LogP contribution < -0.4 is 4.74 Å². The topological polar surface area (TPSA) is 84.0 Å². The van der Waals surface area contributed by atoms with Crippen LogP contribution in [0.15, 0.2) is 40.9 Å². The Morgan fingerprint density at radius 3 is 1.53 bits per heavy atom. The van der Waals surface area contributed by atoms with Gasteiger partial charge in [-0.2, -0.15) is 0 Å². The van der Waals surface area contributed by atoms with Crippen LogP contribution >= 0.6 is 15.9 Å². The number of fused-ring (bicyclic) bond motifs is 2. The van der Waals surface area contributed by atoms with Crippen LogP contribution in [0, 0.1) is 11.8 Å². The third kappa shape index (κ3) is 6.19. The lowest BCUT2D eigenvalue weighted by atomic mass is 9.81. The maximum absolute atomic E-state index is 14.5. The number of hydrogen-bond donors (Lipinski definition) is 0. The third-order valence-corrected chi connectivity index (χ3v) is 12.5. The number of nitrogens with zero attached hydrogens (tertiary/aromatic N) is 2. The van der Waals surface area contributed by atoms with Crippen molar-refractivity contribution in [2.45, 2.75) is 105 Å². The van der Waals surface area contributed by atoms with Crippen LogP contribution in [0.3, 0.4) is 0 Å². The summed E-state index contributed by atoms with van der Waals surface area (Å²) in [5.41, 5.74) is 2.02. The molecule has 0 spiro atoms. The number of benzene rings is 5. The molecule has 0 aromatic heterocycles. The Hall–Kier alpha value is -4.04. The third-order valence-electron chi connectivity index (χ3n) is 11.9. The normalized spacial score (nSPS) is 15.6. The number of imide groups is 2. The molecule has 2 aliphatic heterocycles. The number of halogens is 1. The van der Waals surface area contributed by atoms with Gasteiger partial charge in [0.2, 0.25) is 0 Å². The molecule has 5 aromatic rings. The molecule has 0 fully saturated rings. The molecular formula is C45H51BrN2O5. The van der Waals surface area contributed by atoms with E-state index in [4.69, 9.17) is 4.74 Å². The van der Waals surface area contributed by atoms with Gasteiger partial charge in [-0.1, -0.05) is 114 Å². The van der Waals surface area contributed by atoms with E-state index in [1.165, 1.54) is 9.80 Å². The molecule has 0 N–H and O–H groups in total. The first kappa shape index (κ1) is 37.3. The van der Waals surface area contributed by atoms with Crippen molar-refractivity contribution < 1.29 is 23.9 Å². The van der Waals surface area contributed by atoms with Crippen LogP contribution in [0.4, 0.5) is 0 Å². The second-order valence-electron chi connectivity index (χ2n) is 15.2. The predicted molar refractivity (Wildman–Crippen MR) is 218 cm³/mol. The van der Waals surface area contributed by atoms with Crippen LogP contribution in [0.25, 0.3) is 43.1 Å². The fourth-order valence-electron chi connectivity index (χ4n) is 8.81. The lowest BCUT2D eigenvalue weighted by molar-refractivity contribution is 0.0565. The summed E-state index contributed by atoms with van der Waals surface area (Å²) in [7, 11) is 0. The average Bonchev–Trinajstić information content (AvgIpc) is 3.17. The van der Waals surface area contributed by atoms with E-state index in [0.717, 1.165) is 107 Å². The molecule has 8 heteroatoms. The largest absolute Gasteiger partial charge is 0.493 e. The van der Waals surface area contributed by atoms with Crippen LogP contribution in [-0.2, 0) is 0 Å². The highest BCUT2D eigenvalue weighted by Crippen LogP contribution is 2.51. The second kappa shape index (κ2) is 15.4. The molecular weight excluding hydrogens is 728 g/mol. The Morgan fingerprint density at radius 1 is 0.547 bits per heavy atom. The van der Waals surface area contributed by atoms with E-state index < -0.39 is 0 Å². The summed E-state index contributed by atoms with van der Waals surface area (Å²) in [6.07, 6.45) is 10.9. The number of hydrogen-bond acceptors (Lipinski definition) is 5. The molecule has 0 radical (unpaired) electrons. The van der Waals surface area contributed by atoms with Gasteiger partial charge in [0.15, 0.2) is 0 Å². The number of carbonyl (C=O) groups is 4. The van der Waals surface area contributed by atoms with Crippen molar-refractivity contribution in [2.75, 3.05) is 19.7 Å². The fourth-order valence-corrected chi connectivity index (χ4v) is 9.45. The van der Waals surface area contributed by atoms with Gasteiger partial charge < -0.3 is 4.74 Å². The van der Waals surface area contributed by atoms with E-state index >= 15 is 0 Å². The van der Waals surface area contributed by atoms with Crippen LogP contribution in [-0.4, -0.2) is 53.1 Å². The van der Waals surface area contributed by atoms with E-state index in [2.05, 4.69) is 50.5 Å². The average molecular weight is 780 g/mol. The zero-order valence-electron chi connectivity index (χ0n) is 31.8. The van der Waals surface area contributed by atoms with Gasteiger partial charge in [-0.15, -0.1) is 0 Å². The Morgan fingerprint density at radius 2 is 1.02 bits per heavy atom. The molecule has 0 saturated carbocycles. The molecule has 7 rings (SSSR count). The van der Waals surface area contributed by atoms with E-state index in [-0.39, 0.29) is 35.5 Å². The minimum absolute atomic E-state index is 0.231. The molecule has 2 atom stereocenters. The number of unbranched alkanes of at least 4 members (excludes halogenated alkanes) is 4. The molecule has 7 nitrogen and oxygen atoms in total. The summed E-state index contributed by atoms with van der Waals surface area (Å²) in [6, 6.07) is 11.4. The molecule has 2 unspecified atom stereocenters. The summed E-state index contributed by atoms with van der Waals surface area (Å²) in [6.45, 7) is 12.0. The predicted octanol–water partition coefficient (Wildman–Crippen LogP) is 11.7.